The highest BCUT2D eigenvalue weighted by atomic mass is 35.5. The largest absolute Gasteiger partial charge is 0.485 e. The van der Waals surface area contributed by atoms with Gasteiger partial charge in [0.25, 0.3) is 0 Å². The fourth-order valence-corrected chi connectivity index (χ4v) is 4.02. The summed E-state index contributed by atoms with van der Waals surface area (Å²) in [4.78, 5) is 4.59. The number of hydrogen-bond donors (Lipinski definition) is 0. The van der Waals surface area contributed by atoms with E-state index in [1.54, 1.807) is 18.4 Å². The first kappa shape index (κ1) is 18.8. The summed E-state index contributed by atoms with van der Waals surface area (Å²) in [5.41, 5.74) is 0.147. The number of nitrogens with zero attached hydrogens (tertiary/aromatic N) is 1. The quantitative estimate of drug-likeness (QED) is 0.425. The molecule has 1 heterocycles. The van der Waals surface area contributed by atoms with Gasteiger partial charge in [0.05, 0.1) is 7.11 Å². The maximum absolute atomic E-state index is 6.17. The minimum atomic E-state index is 0.147. The van der Waals surface area contributed by atoms with Crippen LogP contribution in [-0.4, -0.2) is 12.1 Å². The van der Waals surface area contributed by atoms with Gasteiger partial charge in [0.15, 0.2) is 5.15 Å². The average molecular weight is 332 g/mol. The van der Waals surface area contributed by atoms with E-state index < -0.39 is 0 Å². The third-order valence-electron chi connectivity index (χ3n) is 4.17. The molecule has 122 valence electrons. The molecular formula is C17H30ClNOS. The molecule has 1 aromatic heterocycles. The lowest BCUT2D eigenvalue weighted by atomic mass is 9.80. The number of hydrogen-bond acceptors (Lipinski definition) is 3. The van der Waals surface area contributed by atoms with Gasteiger partial charge in [-0.15, -0.1) is 0 Å². The molecule has 0 fully saturated rings. The maximum atomic E-state index is 6.17. The summed E-state index contributed by atoms with van der Waals surface area (Å²) in [5.74, 6) is 0. The van der Waals surface area contributed by atoms with Crippen molar-refractivity contribution >= 4 is 22.9 Å². The smallest absolute Gasteiger partial charge is 0.213 e. The highest BCUT2D eigenvalue weighted by molar-refractivity contribution is 7.14. The van der Waals surface area contributed by atoms with E-state index >= 15 is 0 Å². The second kappa shape index (κ2) is 9.68. The van der Waals surface area contributed by atoms with E-state index in [9.17, 15) is 0 Å². The number of unbranched alkanes of at least 4 members (excludes halogenated alkanes) is 5. The van der Waals surface area contributed by atoms with E-state index in [1.165, 1.54) is 57.8 Å². The molecule has 1 atom stereocenters. The second-order valence-corrected chi connectivity index (χ2v) is 7.45. The SMILES string of the molecule is CCCCCCC(C)(CCCCC)c1nc(Cl)c(OC)s1. The van der Waals surface area contributed by atoms with Crippen LogP contribution < -0.4 is 4.74 Å². The zero-order valence-electron chi connectivity index (χ0n) is 14.0. The van der Waals surface area contributed by atoms with Crippen molar-refractivity contribution in [2.45, 2.75) is 84.0 Å². The minimum Gasteiger partial charge on any atom is -0.485 e. The van der Waals surface area contributed by atoms with Crippen LogP contribution in [0, 0.1) is 0 Å². The number of methoxy groups -OCH3 is 1. The molecule has 1 unspecified atom stereocenters. The molecule has 21 heavy (non-hydrogen) atoms. The maximum Gasteiger partial charge on any atom is 0.213 e. The Morgan fingerprint density at radius 3 is 2.14 bits per heavy atom. The molecule has 0 saturated carbocycles. The summed E-state index contributed by atoms with van der Waals surface area (Å²) in [6.45, 7) is 6.86. The molecule has 0 aliphatic rings. The van der Waals surface area contributed by atoms with Gasteiger partial charge in [-0.3, -0.25) is 0 Å². The molecule has 1 rings (SSSR count). The van der Waals surface area contributed by atoms with Crippen LogP contribution in [0.3, 0.4) is 0 Å². The molecule has 0 saturated heterocycles. The van der Waals surface area contributed by atoms with E-state index in [1.807, 2.05) is 0 Å². The Morgan fingerprint density at radius 2 is 1.62 bits per heavy atom. The molecule has 0 N–H and O–H groups in total. The fraction of sp³-hybridized carbons (Fsp3) is 0.824. The monoisotopic (exact) mass is 331 g/mol. The van der Waals surface area contributed by atoms with Crippen LogP contribution >= 0.6 is 22.9 Å². The zero-order valence-corrected chi connectivity index (χ0v) is 15.6. The Hall–Kier alpha value is -0.280. The van der Waals surface area contributed by atoms with Crippen LogP contribution in [0.1, 0.15) is 83.6 Å². The Kier molecular flexibility index (Phi) is 8.65. The highest BCUT2D eigenvalue weighted by Crippen LogP contribution is 2.42. The molecule has 0 amide bonds. The molecule has 0 aliphatic carbocycles. The molecular weight excluding hydrogens is 302 g/mol. The lowest BCUT2D eigenvalue weighted by molar-refractivity contribution is 0.364. The second-order valence-electron chi connectivity index (χ2n) is 6.13. The minimum absolute atomic E-state index is 0.147. The third kappa shape index (κ3) is 5.78. The molecule has 0 aromatic carbocycles. The van der Waals surface area contributed by atoms with Crippen LogP contribution in [0.5, 0.6) is 5.06 Å². The Labute approximate surface area is 139 Å². The predicted octanol–water partition coefficient (Wildman–Crippen LogP) is 6.61. The first-order chi connectivity index (χ1) is 10.1. The van der Waals surface area contributed by atoms with Crippen molar-refractivity contribution in [3.05, 3.63) is 10.2 Å². The Morgan fingerprint density at radius 1 is 1.05 bits per heavy atom. The Balaban J connectivity index is 2.77. The number of halogens is 1. The van der Waals surface area contributed by atoms with Gasteiger partial charge >= 0.3 is 0 Å². The normalized spacial score (nSPS) is 14.1. The summed E-state index contributed by atoms with van der Waals surface area (Å²) in [6, 6.07) is 0. The van der Waals surface area contributed by atoms with Gasteiger partial charge in [0, 0.05) is 5.41 Å². The summed E-state index contributed by atoms with van der Waals surface area (Å²) in [7, 11) is 1.67. The predicted molar refractivity (Wildman–Crippen MR) is 93.9 cm³/mol. The first-order valence-corrected chi connectivity index (χ1v) is 9.47. The van der Waals surface area contributed by atoms with Crippen molar-refractivity contribution in [2.75, 3.05) is 7.11 Å². The van der Waals surface area contributed by atoms with Gasteiger partial charge in [-0.25, -0.2) is 4.98 Å². The number of rotatable bonds is 11. The van der Waals surface area contributed by atoms with Crippen molar-refractivity contribution < 1.29 is 4.74 Å². The lowest BCUT2D eigenvalue weighted by Crippen LogP contribution is -2.22. The van der Waals surface area contributed by atoms with E-state index in [0.717, 1.165) is 10.1 Å². The van der Waals surface area contributed by atoms with Crippen LogP contribution in [0.2, 0.25) is 5.15 Å². The summed E-state index contributed by atoms with van der Waals surface area (Å²) >= 11 is 7.79. The lowest BCUT2D eigenvalue weighted by Gasteiger charge is -2.27. The number of thiazole rings is 1. The molecule has 2 nitrogen and oxygen atoms in total. The molecule has 0 spiro atoms. The molecule has 1 aromatic rings. The van der Waals surface area contributed by atoms with E-state index in [0.29, 0.717) is 5.15 Å². The van der Waals surface area contributed by atoms with Crippen molar-refractivity contribution in [1.82, 2.24) is 4.98 Å². The number of ether oxygens (including phenoxy) is 1. The molecule has 0 bridgehead atoms. The highest BCUT2D eigenvalue weighted by Gasteiger charge is 2.30. The van der Waals surface area contributed by atoms with E-state index in [2.05, 4.69) is 25.8 Å². The third-order valence-corrected chi connectivity index (χ3v) is 5.86. The van der Waals surface area contributed by atoms with Crippen LogP contribution in [-0.2, 0) is 5.41 Å². The van der Waals surface area contributed by atoms with Gasteiger partial charge in [-0.1, -0.05) is 88.7 Å². The average Bonchev–Trinajstić information content (AvgIpc) is 2.86. The molecule has 4 heteroatoms. The summed E-state index contributed by atoms with van der Waals surface area (Å²) in [6.07, 6.45) is 11.4. The van der Waals surface area contributed by atoms with Crippen molar-refractivity contribution in [1.29, 1.82) is 0 Å². The van der Waals surface area contributed by atoms with Gasteiger partial charge in [0.1, 0.15) is 5.01 Å². The van der Waals surface area contributed by atoms with Gasteiger partial charge in [-0.05, 0) is 12.8 Å². The van der Waals surface area contributed by atoms with Crippen molar-refractivity contribution in [3.8, 4) is 5.06 Å². The fourth-order valence-electron chi connectivity index (χ4n) is 2.72. The summed E-state index contributed by atoms with van der Waals surface area (Å²) in [5, 5.41) is 2.42. The summed E-state index contributed by atoms with van der Waals surface area (Å²) < 4.78 is 5.31. The van der Waals surface area contributed by atoms with Crippen LogP contribution in [0.15, 0.2) is 0 Å². The van der Waals surface area contributed by atoms with Crippen molar-refractivity contribution in [2.24, 2.45) is 0 Å². The van der Waals surface area contributed by atoms with Gasteiger partial charge in [-0.2, -0.15) is 0 Å². The van der Waals surface area contributed by atoms with Gasteiger partial charge < -0.3 is 4.74 Å². The van der Waals surface area contributed by atoms with Gasteiger partial charge in [0.2, 0.25) is 5.06 Å². The molecule has 0 radical (unpaired) electrons. The number of aromatic nitrogens is 1. The van der Waals surface area contributed by atoms with Crippen molar-refractivity contribution in [3.63, 3.8) is 0 Å². The topological polar surface area (TPSA) is 22.1 Å². The first-order valence-electron chi connectivity index (χ1n) is 8.28. The van der Waals surface area contributed by atoms with E-state index in [4.69, 9.17) is 16.3 Å². The zero-order chi connectivity index (χ0) is 15.7. The van der Waals surface area contributed by atoms with Crippen LogP contribution in [0.4, 0.5) is 0 Å². The molecule has 0 aliphatic heterocycles. The van der Waals surface area contributed by atoms with E-state index in [-0.39, 0.29) is 5.41 Å². The van der Waals surface area contributed by atoms with Crippen LogP contribution in [0.25, 0.3) is 0 Å². The Bertz CT molecular complexity index is 407. The standard InChI is InChI=1S/C17H30ClNOS/c1-5-7-9-11-13-17(3,12-10-8-6-2)16-19-14(18)15(20-4)21-16/h5-13H2,1-4H3.